The van der Waals surface area contributed by atoms with Crippen LogP contribution in [0.15, 0.2) is 50.3 Å². The normalized spacial score (nSPS) is 10.6. The second-order valence-corrected chi connectivity index (χ2v) is 5.20. The smallest absolute Gasteiger partial charge is 0.353 e. The number of anilines is 1. The van der Waals surface area contributed by atoms with E-state index in [1.807, 2.05) is 0 Å². The third kappa shape index (κ3) is 2.56. The fourth-order valence-corrected chi connectivity index (χ4v) is 2.08. The van der Waals surface area contributed by atoms with E-state index in [1.165, 1.54) is 18.5 Å². The summed E-state index contributed by atoms with van der Waals surface area (Å²) >= 11 is 3.16. The van der Waals surface area contributed by atoms with Crippen molar-refractivity contribution >= 4 is 38.8 Å². The lowest BCUT2D eigenvalue weighted by molar-refractivity contribution is 0.102. The molecule has 8 heteroatoms. The molecule has 0 aliphatic carbocycles. The average molecular weight is 362 g/mol. The van der Waals surface area contributed by atoms with Gasteiger partial charge in [-0.2, -0.15) is 0 Å². The lowest BCUT2D eigenvalue weighted by Gasteiger charge is -2.06. The van der Waals surface area contributed by atoms with Gasteiger partial charge in [0.1, 0.15) is 11.3 Å². The molecule has 2 heterocycles. The van der Waals surface area contributed by atoms with Gasteiger partial charge in [-0.05, 0) is 28.1 Å². The van der Waals surface area contributed by atoms with Crippen LogP contribution < -0.4 is 10.9 Å². The Morgan fingerprint density at radius 1 is 1.23 bits per heavy atom. The summed E-state index contributed by atoms with van der Waals surface area (Å²) in [5.41, 5.74) is -1.24. The van der Waals surface area contributed by atoms with E-state index >= 15 is 0 Å². The highest BCUT2D eigenvalue weighted by Crippen LogP contribution is 2.26. The van der Waals surface area contributed by atoms with Crippen molar-refractivity contribution in [3.05, 3.63) is 57.1 Å². The quantitative estimate of drug-likeness (QED) is 0.678. The number of halogens is 1. The topological polar surface area (TPSA) is 105 Å². The van der Waals surface area contributed by atoms with Crippen molar-refractivity contribution in [3.63, 3.8) is 0 Å². The predicted octanol–water partition coefficient (Wildman–Crippen LogP) is 2.30. The molecule has 0 saturated heterocycles. The minimum Gasteiger partial charge on any atom is -0.506 e. The summed E-state index contributed by atoms with van der Waals surface area (Å²) in [4.78, 5) is 31.8. The van der Waals surface area contributed by atoms with Crippen LogP contribution in [0.1, 0.15) is 10.4 Å². The number of nitrogens with one attached hydrogen (secondary N) is 1. The molecule has 1 aromatic carbocycles. The highest BCUT2D eigenvalue weighted by molar-refractivity contribution is 9.10. The molecule has 0 radical (unpaired) electrons. The van der Waals surface area contributed by atoms with Crippen LogP contribution in [0.25, 0.3) is 11.0 Å². The minimum atomic E-state index is -0.939. The maximum Gasteiger partial charge on any atom is 0.353 e. The van der Waals surface area contributed by atoms with Gasteiger partial charge in [0.2, 0.25) is 5.95 Å². The molecule has 7 nitrogen and oxygen atoms in total. The van der Waals surface area contributed by atoms with Crippen molar-refractivity contribution in [1.82, 2.24) is 9.97 Å². The summed E-state index contributed by atoms with van der Waals surface area (Å²) in [5, 5.41) is 12.8. The Hall–Kier alpha value is -2.74. The SMILES string of the molecule is O=C(Nc1ncc(Br)cn1)c1c(O)c2ccccc2oc1=O. The Bertz CT molecular complexity index is 922. The largest absolute Gasteiger partial charge is 0.506 e. The van der Waals surface area contributed by atoms with Crippen LogP contribution in [-0.4, -0.2) is 21.0 Å². The number of fused-ring (bicyclic) bond motifs is 1. The molecule has 0 bridgehead atoms. The van der Waals surface area contributed by atoms with Crippen LogP contribution >= 0.6 is 15.9 Å². The van der Waals surface area contributed by atoms with Crippen LogP contribution in [0, 0.1) is 0 Å². The monoisotopic (exact) mass is 361 g/mol. The van der Waals surface area contributed by atoms with E-state index in [2.05, 4.69) is 31.2 Å². The molecule has 22 heavy (non-hydrogen) atoms. The molecule has 110 valence electrons. The van der Waals surface area contributed by atoms with Crippen LogP contribution in [0.3, 0.4) is 0 Å². The standard InChI is InChI=1S/C14H8BrN3O4/c15-7-5-16-14(17-6-7)18-12(20)10-11(19)8-3-1-2-4-9(8)22-13(10)21/h1-6,19H,(H,16,17,18,20). The number of carbonyl (C=O) groups excluding carboxylic acids is 1. The number of benzene rings is 1. The Morgan fingerprint density at radius 2 is 1.91 bits per heavy atom. The van der Waals surface area contributed by atoms with Gasteiger partial charge in [0.25, 0.3) is 5.91 Å². The first-order valence-corrected chi connectivity index (χ1v) is 6.89. The van der Waals surface area contributed by atoms with E-state index in [1.54, 1.807) is 18.2 Å². The molecule has 0 atom stereocenters. The zero-order valence-electron chi connectivity index (χ0n) is 10.9. The number of hydrogen-bond acceptors (Lipinski definition) is 6. The first-order valence-electron chi connectivity index (χ1n) is 6.10. The van der Waals surface area contributed by atoms with Gasteiger partial charge >= 0.3 is 5.63 Å². The molecule has 0 aliphatic heterocycles. The number of nitrogens with zero attached hydrogens (tertiary/aromatic N) is 2. The van der Waals surface area contributed by atoms with Crippen molar-refractivity contribution in [2.24, 2.45) is 0 Å². The number of para-hydroxylation sites is 1. The molecular weight excluding hydrogens is 354 g/mol. The molecule has 0 unspecified atom stereocenters. The molecular formula is C14H8BrN3O4. The summed E-state index contributed by atoms with van der Waals surface area (Å²) < 4.78 is 5.66. The second-order valence-electron chi connectivity index (χ2n) is 4.29. The van der Waals surface area contributed by atoms with Crippen LogP contribution in [0.4, 0.5) is 5.95 Å². The van der Waals surface area contributed by atoms with E-state index in [0.29, 0.717) is 4.47 Å². The molecule has 0 spiro atoms. The van der Waals surface area contributed by atoms with Gasteiger partial charge < -0.3 is 9.52 Å². The summed E-state index contributed by atoms with van der Waals surface area (Å²) in [6.07, 6.45) is 2.87. The van der Waals surface area contributed by atoms with Gasteiger partial charge in [-0.1, -0.05) is 12.1 Å². The van der Waals surface area contributed by atoms with Gasteiger partial charge in [0.15, 0.2) is 5.56 Å². The van der Waals surface area contributed by atoms with Crippen molar-refractivity contribution in [3.8, 4) is 5.75 Å². The minimum absolute atomic E-state index is 0.000147. The van der Waals surface area contributed by atoms with Crippen LogP contribution in [0.2, 0.25) is 0 Å². The zero-order chi connectivity index (χ0) is 15.7. The number of hydrogen-bond donors (Lipinski definition) is 2. The van der Waals surface area contributed by atoms with Gasteiger partial charge in [0.05, 0.1) is 9.86 Å². The molecule has 1 amide bonds. The molecule has 0 saturated carbocycles. The Balaban J connectivity index is 2.04. The van der Waals surface area contributed by atoms with Crippen LogP contribution in [0.5, 0.6) is 5.75 Å². The highest BCUT2D eigenvalue weighted by Gasteiger charge is 2.21. The van der Waals surface area contributed by atoms with E-state index < -0.39 is 22.8 Å². The van der Waals surface area contributed by atoms with Crippen molar-refractivity contribution in [2.45, 2.75) is 0 Å². The molecule has 3 rings (SSSR count). The van der Waals surface area contributed by atoms with Gasteiger partial charge in [-0.25, -0.2) is 14.8 Å². The second kappa shape index (κ2) is 5.57. The summed E-state index contributed by atoms with van der Waals surface area (Å²) in [6, 6.07) is 6.37. The lowest BCUT2D eigenvalue weighted by Crippen LogP contribution is -2.22. The van der Waals surface area contributed by atoms with Gasteiger partial charge in [-0.15, -0.1) is 0 Å². The predicted molar refractivity (Wildman–Crippen MR) is 81.8 cm³/mol. The maximum atomic E-state index is 12.2. The van der Waals surface area contributed by atoms with Crippen molar-refractivity contribution < 1.29 is 14.3 Å². The van der Waals surface area contributed by atoms with E-state index in [4.69, 9.17) is 4.42 Å². The molecule has 3 aromatic rings. The Morgan fingerprint density at radius 3 is 2.64 bits per heavy atom. The number of carbonyl (C=O) groups is 1. The third-order valence-corrected chi connectivity index (χ3v) is 3.27. The van der Waals surface area contributed by atoms with E-state index in [9.17, 15) is 14.7 Å². The Kier molecular flexibility index (Phi) is 3.60. The highest BCUT2D eigenvalue weighted by atomic mass is 79.9. The van der Waals surface area contributed by atoms with Crippen molar-refractivity contribution in [2.75, 3.05) is 5.32 Å². The van der Waals surface area contributed by atoms with E-state index in [-0.39, 0.29) is 16.9 Å². The number of aromatic hydroxyl groups is 1. The summed E-state index contributed by atoms with van der Waals surface area (Å²) in [5.74, 6) is -1.29. The summed E-state index contributed by atoms with van der Waals surface area (Å²) in [7, 11) is 0. The summed E-state index contributed by atoms with van der Waals surface area (Å²) in [6.45, 7) is 0. The van der Waals surface area contributed by atoms with Gasteiger partial charge in [0, 0.05) is 12.4 Å². The number of aromatic nitrogens is 2. The first kappa shape index (κ1) is 14.2. The molecule has 2 aromatic heterocycles. The fraction of sp³-hybridized carbons (Fsp3) is 0. The van der Waals surface area contributed by atoms with E-state index in [0.717, 1.165) is 0 Å². The molecule has 2 N–H and O–H groups in total. The third-order valence-electron chi connectivity index (χ3n) is 2.86. The lowest BCUT2D eigenvalue weighted by atomic mass is 10.1. The number of amides is 1. The Labute approximate surface area is 131 Å². The van der Waals surface area contributed by atoms with Crippen molar-refractivity contribution in [1.29, 1.82) is 0 Å². The van der Waals surface area contributed by atoms with Crippen LogP contribution in [-0.2, 0) is 0 Å². The molecule has 0 aliphatic rings. The zero-order valence-corrected chi connectivity index (χ0v) is 12.5. The fourth-order valence-electron chi connectivity index (χ4n) is 1.87. The average Bonchev–Trinajstić information content (AvgIpc) is 2.49. The number of rotatable bonds is 2. The molecule has 0 fully saturated rings. The van der Waals surface area contributed by atoms with Gasteiger partial charge in [-0.3, -0.25) is 10.1 Å². The maximum absolute atomic E-state index is 12.2. The first-order chi connectivity index (χ1) is 10.6.